The van der Waals surface area contributed by atoms with E-state index in [-0.39, 0.29) is 0 Å². The highest BCUT2D eigenvalue weighted by atomic mass is 14.9. The van der Waals surface area contributed by atoms with Gasteiger partial charge in [-0.1, -0.05) is 31.2 Å². The molecular weight excluding hydrogens is 218 g/mol. The molecular formula is C17H25N. The molecule has 0 radical (unpaired) electrons. The Morgan fingerprint density at radius 2 is 1.72 bits per heavy atom. The summed E-state index contributed by atoms with van der Waals surface area (Å²) >= 11 is 0. The lowest BCUT2D eigenvalue weighted by Crippen LogP contribution is -2.32. The van der Waals surface area contributed by atoms with Crippen molar-refractivity contribution in [1.82, 2.24) is 4.57 Å². The van der Waals surface area contributed by atoms with E-state index in [9.17, 15) is 0 Å². The number of nitrogens with zero attached hydrogens (tertiary/aromatic N) is 1. The molecule has 0 aromatic carbocycles. The molecule has 0 amide bonds. The van der Waals surface area contributed by atoms with Crippen LogP contribution in [0.4, 0.5) is 0 Å². The first kappa shape index (κ1) is 14.6. The van der Waals surface area contributed by atoms with Gasteiger partial charge in [0, 0.05) is 29.4 Å². The van der Waals surface area contributed by atoms with Gasteiger partial charge in [0.05, 0.1) is 0 Å². The predicted molar refractivity (Wildman–Crippen MR) is 82.6 cm³/mol. The van der Waals surface area contributed by atoms with Crippen LogP contribution in [0.2, 0.25) is 0 Å². The first-order valence-electron chi connectivity index (χ1n) is 6.49. The van der Waals surface area contributed by atoms with Crippen LogP contribution in [-0.2, 0) is 7.05 Å². The normalized spacial score (nSPS) is 12.3. The summed E-state index contributed by atoms with van der Waals surface area (Å²) in [5, 5.41) is 2.65. The first-order valence-corrected chi connectivity index (χ1v) is 6.49. The summed E-state index contributed by atoms with van der Waals surface area (Å²) < 4.78 is 2.21. The molecule has 0 unspecified atom stereocenters. The monoisotopic (exact) mass is 243 g/mol. The minimum absolute atomic E-state index is 1.03. The van der Waals surface area contributed by atoms with Crippen molar-refractivity contribution in [3.63, 3.8) is 0 Å². The van der Waals surface area contributed by atoms with Crippen molar-refractivity contribution >= 4 is 16.7 Å². The van der Waals surface area contributed by atoms with Gasteiger partial charge in [-0.2, -0.15) is 0 Å². The van der Waals surface area contributed by atoms with Gasteiger partial charge >= 0.3 is 0 Å². The van der Waals surface area contributed by atoms with Gasteiger partial charge in [0.2, 0.25) is 0 Å². The number of hydrogen-bond acceptors (Lipinski definition) is 0. The van der Waals surface area contributed by atoms with Crippen LogP contribution >= 0.6 is 0 Å². The third kappa shape index (κ3) is 2.50. The molecule has 0 saturated heterocycles. The lowest BCUT2D eigenvalue weighted by molar-refractivity contribution is 0.875. The largest absolute Gasteiger partial charge is 0.350 e. The van der Waals surface area contributed by atoms with E-state index < -0.39 is 0 Å². The summed E-state index contributed by atoms with van der Waals surface area (Å²) in [4.78, 5) is 0. The summed E-state index contributed by atoms with van der Waals surface area (Å²) in [5.74, 6) is 0. The van der Waals surface area contributed by atoms with E-state index in [0.717, 1.165) is 17.6 Å². The minimum Gasteiger partial charge on any atom is -0.350 e. The molecule has 1 aromatic heterocycles. The molecule has 0 atom stereocenters. The number of aromatic nitrogens is 1. The van der Waals surface area contributed by atoms with Crippen molar-refractivity contribution in [3.8, 4) is 0 Å². The zero-order valence-corrected chi connectivity index (χ0v) is 12.6. The maximum atomic E-state index is 4.17. The van der Waals surface area contributed by atoms with Crippen LogP contribution in [0.25, 0.3) is 16.7 Å². The average molecular weight is 243 g/mol. The second-order valence-corrected chi connectivity index (χ2v) is 5.27. The highest BCUT2D eigenvalue weighted by molar-refractivity contribution is 5.77. The van der Waals surface area contributed by atoms with E-state index in [4.69, 9.17) is 0 Å². The van der Waals surface area contributed by atoms with Crippen molar-refractivity contribution in [3.05, 3.63) is 41.1 Å². The van der Waals surface area contributed by atoms with E-state index in [1.807, 2.05) is 6.92 Å². The number of aryl methyl sites for hydroxylation is 1. The highest BCUT2D eigenvalue weighted by Gasteiger charge is 2.09. The molecule has 1 heterocycles. The number of rotatable bonds is 3. The van der Waals surface area contributed by atoms with E-state index in [0.29, 0.717) is 0 Å². The third-order valence-corrected chi connectivity index (χ3v) is 3.46. The Balaban J connectivity index is 3.89. The van der Waals surface area contributed by atoms with Gasteiger partial charge in [-0.3, -0.25) is 0 Å². The smallest absolute Gasteiger partial charge is 0.0472 e. The van der Waals surface area contributed by atoms with Crippen molar-refractivity contribution < 1.29 is 0 Å². The van der Waals surface area contributed by atoms with E-state index >= 15 is 0 Å². The maximum Gasteiger partial charge on any atom is 0.0472 e. The highest BCUT2D eigenvalue weighted by Crippen LogP contribution is 2.16. The molecule has 1 aromatic rings. The molecule has 1 heteroatoms. The number of hydrogen-bond donors (Lipinski definition) is 0. The first-order chi connectivity index (χ1) is 8.31. The Morgan fingerprint density at radius 3 is 2.11 bits per heavy atom. The van der Waals surface area contributed by atoms with Gasteiger partial charge in [-0.15, -0.1) is 0 Å². The summed E-state index contributed by atoms with van der Waals surface area (Å²) in [7, 11) is 2.11. The maximum absolute atomic E-state index is 4.17. The van der Waals surface area contributed by atoms with E-state index in [1.165, 1.54) is 27.3 Å². The Morgan fingerprint density at radius 1 is 1.17 bits per heavy atom. The van der Waals surface area contributed by atoms with Crippen molar-refractivity contribution in [2.45, 2.75) is 41.0 Å². The quantitative estimate of drug-likeness (QED) is 0.717. The van der Waals surface area contributed by atoms with Crippen molar-refractivity contribution in [2.24, 2.45) is 7.05 Å². The molecule has 0 saturated carbocycles. The Bertz CT molecular complexity index is 605. The summed E-state index contributed by atoms with van der Waals surface area (Å²) in [5.41, 5.74) is 6.03. The molecule has 0 aliphatic rings. The summed E-state index contributed by atoms with van der Waals surface area (Å²) in [6.45, 7) is 18.9. The molecule has 98 valence electrons. The average Bonchev–Trinajstić information content (AvgIpc) is 2.64. The predicted octanol–water partition coefficient (Wildman–Crippen LogP) is 3.39. The van der Waals surface area contributed by atoms with Gasteiger partial charge < -0.3 is 4.57 Å². The topological polar surface area (TPSA) is 4.93 Å². The van der Waals surface area contributed by atoms with Gasteiger partial charge in [-0.25, -0.2) is 0 Å². The van der Waals surface area contributed by atoms with Crippen molar-refractivity contribution in [2.75, 3.05) is 0 Å². The Hall–Kier alpha value is -1.50. The standard InChI is InChI=1S/C17H25N/c1-9-13(6)17-16(12(4)5)15(10-18(17)8)14(7)11(2)3/h10H,2,7,9H2,1,3-6,8H3/b17-13-. The van der Waals surface area contributed by atoms with Crippen LogP contribution in [0.5, 0.6) is 0 Å². The third-order valence-electron chi connectivity index (χ3n) is 3.46. The van der Waals surface area contributed by atoms with Gasteiger partial charge in [0.25, 0.3) is 0 Å². The van der Waals surface area contributed by atoms with Crippen LogP contribution < -0.4 is 10.6 Å². The molecule has 0 aliphatic heterocycles. The van der Waals surface area contributed by atoms with Crippen LogP contribution in [0.15, 0.2) is 24.9 Å². The fraction of sp³-hybridized carbons (Fsp3) is 0.412. The minimum atomic E-state index is 1.03. The summed E-state index contributed by atoms with van der Waals surface area (Å²) in [6.07, 6.45) is 3.24. The molecule has 1 rings (SSSR count). The SMILES string of the molecule is C=C(C)C(=C)c1cn(C)/c(=C(/C)CC)c1=C(C)C. The van der Waals surface area contributed by atoms with Gasteiger partial charge in [0.1, 0.15) is 0 Å². The second kappa shape index (κ2) is 5.43. The fourth-order valence-corrected chi connectivity index (χ4v) is 2.27. The molecule has 1 nitrogen and oxygen atoms in total. The van der Waals surface area contributed by atoms with Crippen LogP contribution in [0.1, 0.15) is 46.6 Å². The Labute approximate surface area is 111 Å². The van der Waals surface area contributed by atoms with Crippen LogP contribution in [0.3, 0.4) is 0 Å². The van der Waals surface area contributed by atoms with Gasteiger partial charge in [-0.05, 0) is 45.3 Å². The van der Waals surface area contributed by atoms with Crippen LogP contribution in [-0.4, -0.2) is 4.57 Å². The molecule has 0 bridgehead atoms. The molecule has 18 heavy (non-hydrogen) atoms. The zero-order chi connectivity index (χ0) is 14.0. The molecule has 0 fully saturated rings. The van der Waals surface area contributed by atoms with Crippen molar-refractivity contribution in [1.29, 1.82) is 0 Å². The molecule has 0 aliphatic carbocycles. The van der Waals surface area contributed by atoms with Crippen LogP contribution in [0, 0.1) is 0 Å². The lowest BCUT2D eigenvalue weighted by atomic mass is 10.0. The van der Waals surface area contributed by atoms with E-state index in [2.05, 4.69) is 58.7 Å². The second-order valence-electron chi connectivity index (χ2n) is 5.27. The fourth-order valence-electron chi connectivity index (χ4n) is 2.27. The lowest BCUT2D eigenvalue weighted by Gasteiger charge is -2.03. The zero-order valence-electron chi connectivity index (χ0n) is 12.6. The van der Waals surface area contributed by atoms with Gasteiger partial charge in [0.15, 0.2) is 0 Å². The Kier molecular flexibility index (Phi) is 4.39. The molecule has 0 N–H and O–H groups in total. The summed E-state index contributed by atoms with van der Waals surface area (Å²) in [6, 6.07) is 0. The van der Waals surface area contributed by atoms with E-state index in [1.54, 1.807) is 0 Å². The number of allylic oxidation sites excluding steroid dienone is 2. The molecule has 0 spiro atoms.